The van der Waals surface area contributed by atoms with E-state index in [0.29, 0.717) is 13.1 Å². The maximum absolute atomic E-state index is 12.2. The van der Waals surface area contributed by atoms with Gasteiger partial charge in [-0.05, 0) is 35.1 Å². The molecule has 2 aromatic carbocycles. The van der Waals surface area contributed by atoms with Crippen molar-refractivity contribution in [2.24, 2.45) is 0 Å². The second-order valence-electron chi connectivity index (χ2n) is 6.53. The van der Waals surface area contributed by atoms with E-state index in [-0.39, 0.29) is 12.1 Å². The number of hydrogen-bond donors (Lipinski definition) is 2. The molecule has 1 aliphatic carbocycles. The maximum Gasteiger partial charge on any atom is 0.315 e. The maximum atomic E-state index is 12.2. The molecule has 3 aromatic rings. The van der Waals surface area contributed by atoms with Gasteiger partial charge >= 0.3 is 6.03 Å². The summed E-state index contributed by atoms with van der Waals surface area (Å²) >= 11 is 0. The van der Waals surface area contributed by atoms with Crippen molar-refractivity contribution in [3.05, 3.63) is 83.4 Å². The quantitative estimate of drug-likeness (QED) is 0.745. The third kappa shape index (κ3) is 3.74. The van der Waals surface area contributed by atoms with Crippen LogP contribution in [0, 0.1) is 0 Å². The van der Waals surface area contributed by atoms with E-state index in [1.54, 1.807) is 11.0 Å². The Morgan fingerprint density at radius 1 is 1.12 bits per heavy atom. The fourth-order valence-electron chi connectivity index (χ4n) is 3.36. The van der Waals surface area contributed by atoms with E-state index in [1.807, 2.05) is 36.4 Å². The van der Waals surface area contributed by atoms with Crippen molar-refractivity contribution in [3.8, 4) is 0 Å². The van der Waals surface area contributed by atoms with Gasteiger partial charge in [0.05, 0.1) is 12.6 Å². The number of hydrogen-bond acceptors (Lipinski definition) is 3. The van der Waals surface area contributed by atoms with Crippen LogP contribution in [0.3, 0.4) is 0 Å². The van der Waals surface area contributed by atoms with Crippen molar-refractivity contribution in [3.63, 3.8) is 0 Å². The molecule has 2 amide bonds. The zero-order valence-electron chi connectivity index (χ0n) is 14.4. The number of aromatic nitrogens is 3. The summed E-state index contributed by atoms with van der Waals surface area (Å²) in [6.07, 6.45) is 5.21. The lowest BCUT2D eigenvalue weighted by Gasteiger charge is -2.15. The molecule has 1 aliphatic rings. The van der Waals surface area contributed by atoms with Crippen molar-refractivity contribution < 1.29 is 4.79 Å². The Balaban J connectivity index is 1.28. The number of aryl methyl sites for hydroxylation is 1. The lowest BCUT2D eigenvalue weighted by molar-refractivity contribution is 0.236. The van der Waals surface area contributed by atoms with Crippen LogP contribution in [0.1, 0.15) is 34.7 Å². The highest BCUT2D eigenvalue weighted by molar-refractivity contribution is 5.74. The standard InChI is InChI=1S/C20H21N5O/c26-20(24-19-10-9-17-3-1-2-4-18(17)19)22-11-15-5-7-16(8-6-15)12-25-14-21-13-23-25/h1-8,13-14,19H,9-12H2,(H2,22,24,26). The highest BCUT2D eigenvalue weighted by Gasteiger charge is 2.23. The number of nitrogens with one attached hydrogen (secondary N) is 2. The van der Waals surface area contributed by atoms with Gasteiger partial charge in [-0.2, -0.15) is 5.10 Å². The molecule has 2 N–H and O–H groups in total. The summed E-state index contributed by atoms with van der Waals surface area (Å²) in [4.78, 5) is 16.2. The van der Waals surface area contributed by atoms with Gasteiger partial charge in [-0.15, -0.1) is 0 Å². The molecule has 0 fully saturated rings. The summed E-state index contributed by atoms with van der Waals surface area (Å²) in [7, 11) is 0. The van der Waals surface area contributed by atoms with Gasteiger partial charge < -0.3 is 10.6 Å². The van der Waals surface area contributed by atoms with Crippen molar-refractivity contribution in [1.82, 2.24) is 25.4 Å². The predicted octanol–water partition coefficient (Wildman–Crippen LogP) is 2.81. The van der Waals surface area contributed by atoms with Crippen LogP contribution < -0.4 is 10.6 Å². The van der Waals surface area contributed by atoms with Crippen molar-refractivity contribution in [2.75, 3.05) is 0 Å². The first-order valence-corrected chi connectivity index (χ1v) is 8.80. The molecule has 4 rings (SSSR count). The summed E-state index contributed by atoms with van der Waals surface area (Å²) < 4.78 is 1.78. The number of carbonyl (C=O) groups is 1. The van der Waals surface area contributed by atoms with Gasteiger partial charge in [0.2, 0.25) is 0 Å². The first-order chi connectivity index (χ1) is 12.8. The fraction of sp³-hybridized carbons (Fsp3) is 0.250. The predicted molar refractivity (Wildman–Crippen MR) is 98.4 cm³/mol. The summed E-state index contributed by atoms with van der Waals surface area (Å²) in [5.41, 5.74) is 4.78. The molecule has 0 radical (unpaired) electrons. The molecule has 1 atom stereocenters. The van der Waals surface area contributed by atoms with Crippen molar-refractivity contribution in [2.45, 2.75) is 32.0 Å². The van der Waals surface area contributed by atoms with E-state index >= 15 is 0 Å². The minimum atomic E-state index is -0.126. The van der Waals surface area contributed by atoms with E-state index in [9.17, 15) is 4.79 Å². The number of carbonyl (C=O) groups excluding carboxylic acids is 1. The van der Waals surface area contributed by atoms with Gasteiger partial charge in [-0.1, -0.05) is 48.5 Å². The second kappa shape index (κ2) is 7.39. The number of nitrogens with zero attached hydrogens (tertiary/aromatic N) is 3. The second-order valence-corrected chi connectivity index (χ2v) is 6.53. The van der Waals surface area contributed by atoms with Crippen LogP contribution in [0.5, 0.6) is 0 Å². The molecule has 1 aromatic heterocycles. The smallest absolute Gasteiger partial charge is 0.315 e. The highest BCUT2D eigenvalue weighted by atomic mass is 16.2. The topological polar surface area (TPSA) is 71.8 Å². The van der Waals surface area contributed by atoms with Crippen LogP contribution in [0.15, 0.2) is 61.2 Å². The molecule has 0 aliphatic heterocycles. The molecule has 0 saturated heterocycles. The van der Waals surface area contributed by atoms with Gasteiger partial charge in [0, 0.05) is 6.54 Å². The molecular formula is C20H21N5O. The van der Waals surface area contributed by atoms with Crippen LogP contribution in [-0.2, 0) is 19.5 Å². The Labute approximate surface area is 152 Å². The number of urea groups is 1. The average Bonchev–Trinajstić information content (AvgIpc) is 3.32. The normalized spacial score (nSPS) is 15.5. The monoisotopic (exact) mass is 347 g/mol. The average molecular weight is 347 g/mol. The number of benzene rings is 2. The summed E-state index contributed by atoms with van der Waals surface area (Å²) in [6, 6.07) is 16.4. The molecule has 1 heterocycles. The summed E-state index contributed by atoms with van der Waals surface area (Å²) in [5, 5.41) is 10.1. The molecule has 6 nitrogen and oxygen atoms in total. The van der Waals surface area contributed by atoms with Crippen molar-refractivity contribution in [1.29, 1.82) is 0 Å². The van der Waals surface area contributed by atoms with Crippen LogP contribution >= 0.6 is 0 Å². The molecule has 6 heteroatoms. The zero-order valence-corrected chi connectivity index (χ0v) is 14.4. The van der Waals surface area contributed by atoms with Gasteiger partial charge in [0.1, 0.15) is 12.7 Å². The first kappa shape index (κ1) is 16.3. The lowest BCUT2D eigenvalue weighted by atomic mass is 10.1. The minimum Gasteiger partial charge on any atom is -0.334 e. The molecule has 1 unspecified atom stereocenters. The van der Waals surface area contributed by atoms with E-state index in [2.05, 4.69) is 32.8 Å². The Bertz CT molecular complexity index is 873. The Morgan fingerprint density at radius 2 is 1.92 bits per heavy atom. The van der Waals surface area contributed by atoms with E-state index in [4.69, 9.17) is 0 Å². The lowest BCUT2D eigenvalue weighted by Crippen LogP contribution is -2.36. The Morgan fingerprint density at radius 3 is 2.73 bits per heavy atom. The molecule has 0 spiro atoms. The number of fused-ring (bicyclic) bond motifs is 1. The van der Waals surface area contributed by atoms with Gasteiger partial charge in [0.15, 0.2) is 0 Å². The molecule has 0 saturated carbocycles. The molecule has 132 valence electrons. The van der Waals surface area contributed by atoms with E-state index in [1.165, 1.54) is 17.5 Å². The molecular weight excluding hydrogens is 326 g/mol. The van der Waals surface area contributed by atoms with E-state index in [0.717, 1.165) is 24.0 Å². The Kier molecular flexibility index (Phi) is 4.64. The third-order valence-electron chi connectivity index (χ3n) is 4.73. The van der Waals surface area contributed by atoms with Gasteiger partial charge in [-0.3, -0.25) is 0 Å². The zero-order chi connectivity index (χ0) is 17.8. The third-order valence-corrected chi connectivity index (χ3v) is 4.73. The molecule has 0 bridgehead atoms. The van der Waals surface area contributed by atoms with Crippen LogP contribution in [0.25, 0.3) is 0 Å². The largest absolute Gasteiger partial charge is 0.334 e. The molecule has 26 heavy (non-hydrogen) atoms. The fourth-order valence-corrected chi connectivity index (χ4v) is 3.36. The van der Waals surface area contributed by atoms with Crippen LogP contribution in [0.2, 0.25) is 0 Å². The van der Waals surface area contributed by atoms with E-state index < -0.39 is 0 Å². The number of rotatable bonds is 5. The van der Waals surface area contributed by atoms with Crippen LogP contribution in [0.4, 0.5) is 4.79 Å². The van der Waals surface area contributed by atoms with Crippen molar-refractivity contribution >= 4 is 6.03 Å². The van der Waals surface area contributed by atoms with Gasteiger partial charge in [-0.25, -0.2) is 14.5 Å². The van der Waals surface area contributed by atoms with Gasteiger partial charge in [0.25, 0.3) is 0 Å². The summed E-state index contributed by atoms with van der Waals surface area (Å²) in [6.45, 7) is 1.19. The number of amides is 2. The first-order valence-electron chi connectivity index (χ1n) is 8.80. The summed E-state index contributed by atoms with van der Waals surface area (Å²) in [5.74, 6) is 0. The Hall–Kier alpha value is -3.15. The highest BCUT2D eigenvalue weighted by Crippen LogP contribution is 2.30. The SMILES string of the molecule is O=C(NCc1ccc(Cn2cncn2)cc1)NC1CCc2ccccc21. The minimum absolute atomic E-state index is 0.108. The van der Waals surface area contributed by atoms with Crippen LogP contribution in [-0.4, -0.2) is 20.8 Å².